The Morgan fingerprint density at radius 1 is 1.17 bits per heavy atom. The lowest BCUT2D eigenvalue weighted by Crippen LogP contribution is -2.34. The maximum Gasteiger partial charge on any atom is 0.0503 e. The largest absolute Gasteiger partial charge is 0.382 e. The fourth-order valence-electron chi connectivity index (χ4n) is 1.69. The van der Waals surface area contributed by atoms with Crippen LogP contribution in [0.4, 0.5) is 0 Å². The van der Waals surface area contributed by atoms with E-state index >= 15 is 0 Å². The second-order valence-electron chi connectivity index (χ2n) is 4.88. The summed E-state index contributed by atoms with van der Waals surface area (Å²) in [7, 11) is -1.01. The predicted molar refractivity (Wildman–Crippen MR) is 58.4 cm³/mol. The molecular weight excluding hydrogens is 164 g/mol. The Labute approximate surface area is 78.5 Å². The molecule has 2 heteroatoms. The van der Waals surface area contributed by atoms with Gasteiger partial charge in [-0.15, -0.1) is 0 Å². The molecule has 1 nitrogen and oxygen atoms in total. The molecule has 74 valence electrons. The minimum atomic E-state index is -1.01. The van der Waals surface area contributed by atoms with Gasteiger partial charge < -0.3 is 4.74 Å². The van der Waals surface area contributed by atoms with Gasteiger partial charge >= 0.3 is 0 Å². The molecule has 0 rings (SSSR count). The summed E-state index contributed by atoms with van der Waals surface area (Å²) in [6.45, 7) is 15.8. The molecule has 0 saturated carbocycles. The maximum atomic E-state index is 5.52. The van der Waals surface area contributed by atoms with Crippen molar-refractivity contribution in [2.45, 2.75) is 46.0 Å². The van der Waals surface area contributed by atoms with Gasteiger partial charge in [-0.2, -0.15) is 0 Å². The van der Waals surface area contributed by atoms with Crippen LogP contribution in [0.25, 0.3) is 0 Å². The Kier molecular flexibility index (Phi) is 5.10. The fourth-order valence-corrected chi connectivity index (χ4v) is 4.31. The SMILES string of the molecule is CCOCC(C(C)C)[Si](C)(C)C. The van der Waals surface area contributed by atoms with Crippen LogP contribution in [0, 0.1) is 5.92 Å². The average Bonchev–Trinajstić information content (AvgIpc) is 1.84. The Bertz CT molecular complexity index is 115. The minimum absolute atomic E-state index is 0.767. The number of rotatable bonds is 5. The molecule has 0 heterocycles. The van der Waals surface area contributed by atoms with Crippen LogP contribution in [0.15, 0.2) is 0 Å². The lowest BCUT2D eigenvalue weighted by Gasteiger charge is -2.31. The lowest BCUT2D eigenvalue weighted by atomic mass is 10.1. The molecule has 0 N–H and O–H groups in total. The Morgan fingerprint density at radius 3 is 1.92 bits per heavy atom. The van der Waals surface area contributed by atoms with E-state index in [1.165, 1.54) is 0 Å². The Morgan fingerprint density at radius 2 is 1.67 bits per heavy atom. The van der Waals surface area contributed by atoms with Crippen LogP contribution in [-0.4, -0.2) is 21.3 Å². The molecule has 0 radical (unpaired) electrons. The van der Waals surface area contributed by atoms with E-state index in [1.807, 2.05) is 0 Å². The van der Waals surface area contributed by atoms with Crippen molar-refractivity contribution in [3.05, 3.63) is 0 Å². The van der Waals surface area contributed by atoms with Crippen LogP contribution < -0.4 is 0 Å². The van der Waals surface area contributed by atoms with Crippen molar-refractivity contribution in [1.29, 1.82) is 0 Å². The van der Waals surface area contributed by atoms with Crippen molar-refractivity contribution in [2.75, 3.05) is 13.2 Å². The summed E-state index contributed by atoms with van der Waals surface area (Å²) in [5.41, 5.74) is 0.803. The summed E-state index contributed by atoms with van der Waals surface area (Å²) in [5.74, 6) is 0.767. The molecule has 0 saturated heterocycles. The molecule has 0 aliphatic carbocycles. The van der Waals surface area contributed by atoms with Gasteiger partial charge in [0.1, 0.15) is 0 Å². The first-order chi connectivity index (χ1) is 5.39. The van der Waals surface area contributed by atoms with Gasteiger partial charge in [-0.1, -0.05) is 33.5 Å². The van der Waals surface area contributed by atoms with E-state index in [1.54, 1.807) is 0 Å². The Balaban J connectivity index is 4.05. The molecule has 0 aromatic heterocycles. The van der Waals surface area contributed by atoms with Gasteiger partial charge in [-0.3, -0.25) is 0 Å². The fraction of sp³-hybridized carbons (Fsp3) is 1.00. The van der Waals surface area contributed by atoms with E-state index in [4.69, 9.17) is 4.74 Å². The topological polar surface area (TPSA) is 9.23 Å². The van der Waals surface area contributed by atoms with E-state index in [9.17, 15) is 0 Å². The zero-order valence-electron chi connectivity index (χ0n) is 9.48. The van der Waals surface area contributed by atoms with Crippen LogP contribution in [0.1, 0.15) is 20.8 Å². The number of hydrogen-bond donors (Lipinski definition) is 0. The first kappa shape index (κ1) is 12.2. The van der Waals surface area contributed by atoms with E-state index in [0.29, 0.717) is 0 Å². The number of hydrogen-bond acceptors (Lipinski definition) is 1. The van der Waals surface area contributed by atoms with Crippen molar-refractivity contribution in [3.8, 4) is 0 Å². The molecule has 0 aliphatic rings. The van der Waals surface area contributed by atoms with E-state index in [-0.39, 0.29) is 0 Å². The van der Waals surface area contributed by atoms with Crippen molar-refractivity contribution >= 4 is 8.07 Å². The molecular formula is C10H24OSi. The number of ether oxygens (including phenoxy) is 1. The second kappa shape index (κ2) is 5.03. The third-order valence-corrected chi connectivity index (χ3v) is 5.48. The van der Waals surface area contributed by atoms with Gasteiger partial charge in [-0.05, 0) is 18.4 Å². The highest BCUT2D eigenvalue weighted by Gasteiger charge is 2.28. The molecule has 0 spiro atoms. The average molecular weight is 188 g/mol. The van der Waals surface area contributed by atoms with E-state index < -0.39 is 8.07 Å². The quantitative estimate of drug-likeness (QED) is 0.601. The molecule has 0 amide bonds. The zero-order chi connectivity index (χ0) is 9.78. The summed E-state index contributed by atoms with van der Waals surface area (Å²) >= 11 is 0. The van der Waals surface area contributed by atoms with Crippen molar-refractivity contribution in [1.82, 2.24) is 0 Å². The lowest BCUT2D eigenvalue weighted by molar-refractivity contribution is 0.134. The predicted octanol–water partition coefficient (Wildman–Crippen LogP) is 3.39. The third kappa shape index (κ3) is 4.26. The van der Waals surface area contributed by atoms with Crippen molar-refractivity contribution < 1.29 is 4.74 Å². The van der Waals surface area contributed by atoms with Crippen LogP contribution in [0.2, 0.25) is 25.2 Å². The van der Waals surface area contributed by atoms with Gasteiger partial charge in [0, 0.05) is 13.2 Å². The normalized spacial score (nSPS) is 15.2. The minimum Gasteiger partial charge on any atom is -0.382 e. The first-order valence-corrected chi connectivity index (χ1v) is 8.55. The molecule has 0 fully saturated rings. The molecule has 12 heavy (non-hydrogen) atoms. The van der Waals surface area contributed by atoms with E-state index in [0.717, 1.165) is 24.7 Å². The van der Waals surface area contributed by atoms with Crippen molar-refractivity contribution in [3.63, 3.8) is 0 Å². The van der Waals surface area contributed by atoms with Crippen LogP contribution in [0.3, 0.4) is 0 Å². The monoisotopic (exact) mass is 188 g/mol. The first-order valence-electron chi connectivity index (χ1n) is 4.97. The maximum absolute atomic E-state index is 5.52. The van der Waals surface area contributed by atoms with Gasteiger partial charge in [-0.25, -0.2) is 0 Å². The van der Waals surface area contributed by atoms with Crippen LogP contribution >= 0.6 is 0 Å². The highest BCUT2D eigenvalue weighted by atomic mass is 28.3. The standard InChI is InChI=1S/C10H24OSi/c1-7-11-8-10(9(2)3)12(4,5)6/h9-10H,7-8H2,1-6H3. The summed E-state index contributed by atoms with van der Waals surface area (Å²) < 4.78 is 5.52. The zero-order valence-corrected chi connectivity index (χ0v) is 10.5. The smallest absolute Gasteiger partial charge is 0.0503 e. The highest BCUT2D eigenvalue weighted by Crippen LogP contribution is 2.29. The molecule has 0 aromatic rings. The van der Waals surface area contributed by atoms with Crippen LogP contribution in [0.5, 0.6) is 0 Å². The summed E-state index contributed by atoms with van der Waals surface area (Å²) in [5, 5.41) is 0. The van der Waals surface area contributed by atoms with Gasteiger partial charge in [0.05, 0.1) is 8.07 Å². The molecule has 0 aromatic carbocycles. The Hall–Kier alpha value is 0.177. The van der Waals surface area contributed by atoms with Gasteiger partial charge in [0.25, 0.3) is 0 Å². The second-order valence-corrected chi connectivity index (χ2v) is 10.3. The van der Waals surface area contributed by atoms with Crippen LogP contribution in [-0.2, 0) is 4.74 Å². The molecule has 1 atom stereocenters. The van der Waals surface area contributed by atoms with Gasteiger partial charge in [0.15, 0.2) is 0 Å². The highest BCUT2D eigenvalue weighted by molar-refractivity contribution is 6.77. The molecule has 1 unspecified atom stereocenters. The van der Waals surface area contributed by atoms with E-state index in [2.05, 4.69) is 40.4 Å². The molecule has 0 bridgehead atoms. The van der Waals surface area contributed by atoms with Crippen molar-refractivity contribution in [2.24, 2.45) is 5.92 Å². The third-order valence-electron chi connectivity index (χ3n) is 2.42. The summed E-state index contributed by atoms with van der Waals surface area (Å²) in [6.07, 6.45) is 0. The van der Waals surface area contributed by atoms with Gasteiger partial charge in [0.2, 0.25) is 0 Å². The summed E-state index contributed by atoms with van der Waals surface area (Å²) in [4.78, 5) is 0. The summed E-state index contributed by atoms with van der Waals surface area (Å²) in [6, 6.07) is 0. The molecule has 0 aliphatic heterocycles.